The Labute approximate surface area is 121 Å². The molecule has 1 aliphatic heterocycles. The second-order valence-corrected chi connectivity index (χ2v) is 5.50. The predicted molar refractivity (Wildman–Crippen MR) is 75.6 cm³/mol. The zero-order chi connectivity index (χ0) is 14.3. The number of rotatable bonds is 4. The van der Waals surface area contributed by atoms with Crippen molar-refractivity contribution in [1.29, 1.82) is 0 Å². The van der Waals surface area contributed by atoms with Crippen molar-refractivity contribution in [3.63, 3.8) is 0 Å². The number of furan rings is 1. The van der Waals surface area contributed by atoms with Crippen molar-refractivity contribution in [3.8, 4) is 11.6 Å². The Kier molecular flexibility index (Phi) is 2.80. The van der Waals surface area contributed by atoms with Crippen molar-refractivity contribution in [2.24, 2.45) is 0 Å². The van der Waals surface area contributed by atoms with E-state index < -0.39 is 0 Å². The van der Waals surface area contributed by atoms with Crippen molar-refractivity contribution in [2.45, 2.75) is 19.1 Å². The first-order chi connectivity index (χ1) is 10.2. The van der Waals surface area contributed by atoms with Crippen LogP contribution in [-0.4, -0.2) is 28.8 Å². The second kappa shape index (κ2) is 4.68. The Hall–Kier alpha value is -2.18. The quantitative estimate of drug-likeness (QED) is 0.793. The van der Waals surface area contributed by atoms with E-state index in [1.165, 1.54) is 0 Å². The molecule has 21 heavy (non-hydrogen) atoms. The maximum Gasteiger partial charge on any atom is 0.253 e. The minimum atomic E-state index is -0.131. The topological polar surface area (TPSA) is 73.3 Å². The third kappa shape index (κ3) is 2.32. The molecular formula is C15H15N3O3. The number of hydrogen-bond donors (Lipinski definition) is 1. The standard InChI is InChI=1S/C15H15N3O3/c1-15(8-16-9-15)19-7-13-17-14(18-21-13)12-6-10-4-2-3-5-11(10)20-12/h2-6,16H,7-9H2,1H3. The normalized spacial score (nSPS) is 17.0. The Morgan fingerprint density at radius 2 is 2.19 bits per heavy atom. The number of fused-ring (bicyclic) bond motifs is 1. The van der Waals surface area contributed by atoms with Gasteiger partial charge in [-0.05, 0) is 19.1 Å². The van der Waals surface area contributed by atoms with Crippen molar-refractivity contribution in [3.05, 3.63) is 36.2 Å². The molecule has 1 aliphatic rings. The van der Waals surface area contributed by atoms with Crippen LogP contribution in [0, 0.1) is 0 Å². The number of ether oxygens (including phenoxy) is 1. The summed E-state index contributed by atoms with van der Waals surface area (Å²) in [6.45, 7) is 4.06. The van der Waals surface area contributed by atoms with Crippen molar-refractivity contribution >= 4 is 11.0 Å². The Balaban J connectivity index is 1.53. The van der Waals surface area contributed by atoms with Gasteiger partial charge in [0.2, 0.25) is 5.82 Å². The molecule has 108 valence electrons. The summed E-state index contributed by atoms with van der Waals surface area (Å²) in [5, 5.41) is 8.14. The highest BCUT2D eigenvalue weighted by atomic mass is 16.5. The van der Waals surface area contributed by atoms with Gasteiger partial charge in [-0.2, -0.15) is 4.98 Å². The van der Waals surface area contributed by atoms with E-state index in [0.29, 0.717) is 24.1 Å². The van der Waals surface area contributed by atoms with Crippen LogP contribution in [0.25, 0.3) is 22.6 Å². The average molecular weight is 285 g/mol. The van der Waals surface area contributed by atoms with E-state index in [1.54, 1.807) is 0 Å². The summed E-state index contributed by atoms with van der Waals surface area (Å²) < 4.78 is 16.7. The predicted octanol–water partition coefficient (Wildman–Crippen LogP) is 2.36. The number of para-hydroxylation sites is 1. The Morgan fingerprint density at radius 3 is 2.95 bits per heavy atom. The molecule has 1 saturated heterocycles. The monoisotopic (exact) mass is 285 g/mol. The fraction of sp³-hybridized carbons (Fsp3) is 0.333. The molecule has 4 rings (SSSR count). The van der Waals surface area contributed by atoms with Gasteiger partial charge < -0.3 is 19.0 Å². The largest absolute Gasteiger partial charge is 0.453 e. The van der Waals surface area contributed by atoms with E-state index in [1.807, 2.05) is 30.3 Å². The minimum Gasteiger partial charge on any atom is -0.453 e. The molecule has 1 aromatic carbocycles. The lowest BCUT2D eigenvalue weighted by Gasteiger charge is -2.38. The molecule has 0 atom stereocenters. The van der Waals surface area contributed by atoms with E-state index in [0.717, 1.165) is 24.1 Å². The second-order valence-electron chi connectivity index (χ2n) is 5.50. The lowest BCUT2D eigenvalue weighted by Crippen LogP contribution is -2.58. The molecule has 0 spiro atoms. The van der Waals surface area contributed by atoms with Gasteiger partial charge in [-0.15, -0.1) is 0 Å². The van der Waals surface area contributed by atoms with Crippen LogP contribution in [0.2, 0.25) is 0 Å². The summed E-state index contributed by atoms with van der Waals surface area (Å²) in [6, 6.07) is 9.69. The summed E-state index contributed by atoms with van der Waals surface area (Å²) in [6.07, 6.45) is 0. The molecule has 3 heterocycles. The van der Waals surface area contributed by atoms with Crippen LogP contribution >= 0.6 is 0 Å². The van der Waals surface area contributed by atoms with Crippen LogP contribution in [0.3, 0.4) is 0 Å². The van der Waals surface area contributed by atoms with E-state index in [4.69, 9.17) is 13.7 Å². The molecule has 0 radical (unpaired) electrons. The highest BCUT2D eigenvalue weighted by Gasteiger charge is 2.33. The maximum atomic E-state index is 5.77. The van der Waals surface area contributed by atoms with Gasteiger partial charge in [-0.3, -0.25) is 0 Å². The van der Waals surface area contributed by atoms with Gasteiger partial charge in [0.15, 0.2) is 5.76 Å². The Morgan fingerprint density at radius 1 is 1.33 bits per heavy atom. The SMILES string of the molecule is CC1(OCc2nc(-c3cc4ccccc4o3)no2)CNC1. The molecule has 1 N–H and O–H groups in total. The fourth-order valence-electron chi connectivity index (χ4n) is 2.32. The maximum absolute atomic E-state index is 5.77. The van der Waals surface area contributed by atoms with Gasteiger partial charge in [0, 0.05) is 18.5 Å². The molecule has 6 nitrogen and oxygen atoms in total. The van der Waals surface area contributed by atoms with E-state index >= 15 is 0 Å². The summed E-state index contributed by atoms with van der Waals surface area (Å²) in [4.78, 5) is 4.32. The third-order valence-electron chi connectivity index (χ3n) is 3.66. The highest BCUT2D eigenvalue weighted by molar-refractivity contribution is 5.81. The van der Waals surface area contributed by atoms with Crippen LogP contribution in [0.4, 0.5) is 0 Å². The molecule has 6 heteroatoms. The van der Waals surface area contributed by atoms with Gasteiger partial charge in [0.25, 0.3) is 5.89 Å². The first-order valence-corrected chi connectivity index (χ1v) is 6.88. The molecule has 0 saturated carbocycles. The van der Waals surface area contributed by atoms with Gasteiger partial charge in [-0.1, -0.05) is 23.4 Å². The zero-order valence-corrected chi connectivity index (χ0v) is 11.6. The van der Waals surface area contributed by atoms with E-state index in [2.05, 4.69) is 22.4 Å². The molecule has 0 amide bonds. The summed E-state index contributed by atoms with van der Waals surface area (Å²) >= 11 is 0. The number of hydrogen-bond acceptors (Lipinski definition) is 6. The van der Waals surface area contributed by atoms with Crippen LogP contribution in [0.5, 0.6) is 0 Å². The van der Waals surface area contributed by atoms with Gasteiger partial charge >= 0.3 is 0 Å². The highest BCUT2D eigenvalue weighted by Crippen LogP contribution is 2.26. The van der Waals surface area contributed by atoms with Crippen LogP contribution < -0.4 is 5.32 Å². The van der Waals surface area contributed by atoms with Crippen LogP contribution in [0.1, 0.15) is 12.8 Å². The number of nitrogens with zero attached hydrogens (tertiary/aromatic N) is 2. The smallest absolute Gasteiger partial charge is 0.253 e. The lowest BCUT2D eigenvalue weighted by molar-refractivity contribution is -0.0841. The zero-order valence-electron chi connectivity index (χ0n) is 11.6. The molecule has 2 aromatic heterocycles. The average Bonchev–Trinajstić information content (AvgIpc) is 3.09. The number of benzene rings is 1. The molecule has 0 bridgehead atoms. The van der Waals surface area contributed by atoms with E-state index in [-0.39, 0.29) is 5.60 Å². The molecule has 0 unspecified atom stereocenters. The molecule has 0 aliphatic carbocycles. The van der Waals surface area contributed by atoms with Crippen LogP contribution in [0.15, 0.2) is 39.3 Å². The van der Waals surface area contributed by atoms with Gasteiger partial charge in [-0.25, -0.2) is 0 Å². The molecule has 3 aromatic rings. The van der Waals surface area contributed by atoms with Crippen LogP contribution in [-0.2, 0) is 11.3 Å². The molecule has 1 fully saturated rings. The fourth-order valence-corrected chi connectivity index (χ4v) is 2.32. The number of nitrogens with one attached hydrogen (secondary N) is 1. The van der Waals surface area contributed by atoms with Crippen molar-refractivity contribution < 1.29 is 13.7 Å². The van der Waals surface area contributed by atoms with Crippen molar-refractivity contribution in [2.75, 3.05) is 13.1 Å². The lowest BCUT2D eigenvalue weighted by atomic mass is 10.0. The summed E-state index contributed by atoms with van der Waals surface area (Å²) in [5.74, 6) is 1.50. The first kappa shape index (κ1) is 12.6. The van der Waals surface area contributed by atoms with E-state index in [9.17, 15) is 0 Å². The van der Waals surface area contributed by atoms with Crippen molar-refractivity contribution in [1.82, 2.24) is 15.5 Å². The third-order valence-corrected chi connectivity index (χ3v) is 3.66. The summed E-state index contributed by atoms with van der Waals surface area (Å²) in [5.41, 5.74) is 0.678. The Bertz CT molecular complexity index is 740. The van der Waals surface area contributed by atoms with Gasteiger partial charge in [0.05, 0.1) is 5.60 Å². The number of aromatic nitrogens is 2. The molecular weight excluding hydrogens is 270 g/mol. The first-order valence-electron chi connectivity index (χ1n) is 6.88. The summed E-state index contributed by atoms with van der Waals surface area (Å²) in [7, 11) is 0. The minimum absolute atomic E-state index is 0.131. The van der Waals surface area contributed by atoms with Gasteiger partial charge in [0.1, 0.15) is 12.2 Å².